The number of piperazine rings is 1. The average Bonchev–Trinajstić information content (AvgIpc) is 2.75. The molecule has 0 aliphatic carbocycles. The van der Waals surface area contributed by atoms with Gasteiger partial charge in [-0.1, -0.05) is 6.07 Å². The number of hydrogen-bond donors (Lipinski definition) is 2. The van der Waals surface area contributed by atoms with Gasteiger partial charge in [0, 0.05) is 32.4 Å². The SMILES string of the molecule is Cc1nc(NC(=O)Nc2ccc(N3CCN(C)CC3)nc2)nc(-c2ccccn2)n1. The van der Waals surface area contributed by atoms with E-state index in [1.165, 1.54) is 0 Å². The molecule has 0 bridgehead atoms. The number of aryl methyl sites for hydroxylation is 1. The summed E-state index contributed by atoms with van der Waals surface area (Å²) in [6.45, 7) is 5.63. The van der Waals surface area contributed by atoms with E-state index in [2.05, 4.69) is 52.4 Å². The van der Waals surface area contributed by atoms with Crippen molar-refractivity contribution in [2.24, 2.45) is 0 Å². The van der Waals surface area contributed by atoms with Gasteiger partial charge in [-0.05, 0) is 38.2 Å². The van der Waals surface area contributed by atoms with Crippen LogP contribution in [0.1, 0.15) is 5.82 Å². The first-order valence-electron chi connectivity index (χ1n) is 9.68. The summed E-state index contributed by atoms with van der Waals surface area (Å²) in [5.41, 5.74) is 1.19. The monoisotopic (exact) mass is 405 g/mol. The van der Waals surface area contributed by atoms with Crippen LogP contribution >= 0.6 is 0 Å². The second-order valence-electron chi connectivity index (χ2n) is 7.02. The number of amides is 2. The number of pyridine rings is 2. The lowest BCUT2D eigenvalue weighted by atomic mass is 10.3. The topological polar surface area (TPSA) is 112 Å². The number of urea groups is 1. The standard InChI is InChI=1S/C20H23N9O/c1-14-23-18(16-5-3-4-8-21-16)26-19(24-14)27-20(30)25-15-6-7-17(22-13-15)29-11-9-28(2)10-12-29/h3-8,13H,9-12H2,1-2H3,(H2,23,24,25,26,27,30). The molecule has 1 aliphatic rings. The van der Waals surface area contributed by atoms with Crippen LogP contribution in [0.5, 0.6) is 0 Å². The summed E-state index contributed by atoms with van der Waals surface area (Å²) in [5, 5.41) is 5.39. The second-order valence-corrected chi connectivity index (χ2v) is 7.02. The van der Waals surface area contributed by atoms with Gasteiger partial charge in [0.2, 0.25) is 5.95 Å². The predicted octanol–water partition coefficient (Wildman–Crippen LogP) is 2.03. The Morgan fingerprint density at radius 1 is 0.967 bits per heavy atom. The van der Waals surface area contributed by atoms with Crippen LogP contribution in [-0.2, 0) is 0 Å². The third-order valence-electron chi connectivity index (χ3n) is 4.70. The van der Waals surface area contributed by atoms with E-state index in [0.717, 1.165) is 32.0 Å². The highest BCUT2D eigenvalue weighted by atomic mass is 16.2. The van der Waals surface area contributed by atoms with Gasteiger partial charge < -0.3 is 15.1 Å². The molecule has 1 aliphatic heterocycles. The van der Waals surface area contributed by atoms with E-state index in [0.29, 0.717) is 23.0 Å². The molecular formula is C20H23N9O. The van der Waals surface area contributed by atoms with Crippen LogP contribution in [0.4, 0.5) is 22.2 Å². The number of carbonyl (C=O) groups is 1. The van der Waals surface area contributed by atoms with E-state index in [4.69, 9.17) is 0 Å². The van der Waals surface area contributed by atoms with Gasteiger partial charge >= 0.3 is 6.03 Å². The van der Waals surface area contributed by atoms with Crippen LogP contribution in [0, 0.1) is 6.92 Å². The molecule has 0 saturated carbocycles. The van der Waals surface area contributed by atoms with Crippen molar-refractivity contribution >= 4 is 23.5 Å². The number of carbonyl (C=O) groups excluding carboxylic acids is 1. The Balaban J connectivity index is 1.39. The minimum Gasteiger partial charge on any atom is -0.354 e. The molecule has 154 valence electrons. The fourth-order valence-corrected chi connectivity index (χ4v) is 3.09. The number of hydrogen-bond acceptors (Lipinski definition) is 8. The maximum atomic E-state index is 12.4. The van der Waals surface area contributed by atoms with E-state index in [9.17, 15) is 4.79 Å². The molecule has 0 atom stereocenters. The zero-order chi connectivity index (χ0) is 20.9. The Bertz CT molecular complexity index is 1000. The van der Waals surface area contributed by atoms with Gasteiger partial charge in [-0.2, -0.15) is 9.97 Å². The van der Waals surface area contributed by atoms with Crippen LogP contribution in [-0.4, -0.2) is 69.1 Å². The molecule has 4 rings (SSSR count). The lowest BCUT2D eigenvalue weighted by Crippen LogP contribution is -2.44. The molecule has 3 aromatic rings. The largest absolute Gasteiger partial charge is 0.354 e. The number of nitrogens with zero attached hydrogens (tertiary/aromatic N) is 7. The first-order chi connectivity index (χ1) is 14.6. The maximum Gasteiger partial charge on any atom is 0.326 e. The molecule has 0 spiro atoms. The first kappa shape index (κ1) is 19.6. The van der Waals surface area contributed by atoms with Crippen LogP contribution < -0.4 is 15.5 Å². The van der Waals surface area contributed by atoms with E-state index in [1.807, 2.05) is 24.3 Å². The third kappa shape index (κ3) is 4.84. The fraction of sp³-hybridized carbons (Fsp3) is 0.300. The van der Waals surface area contributed by atoms with Crippen molar-refractivity contribution in [2.45, 2.75) is 6.92 Å². The van der Waals surface area contributed by atoms with E-state index >= 15 is 0 Å². The van der Waals surface area contributed by atoms with Gasteiger partial charge in [0.15, 0.2) is 5.82 Å². The summed E-state index contributed by atoms with van der Waals surface area (Å²) >= 11 is 0. The van der Waals surface area contributed by atoms with Crippen molar-refractivity contribution in [3.63, 3.8) is 0 Å². The lowest BCUT2D eigenvalue weighted by Gasteiger charge is -2.33. The summed E-state index contributed by atoms with van der Waals surface area (Å²) < 4.78 is 0. The Labute approximate surface area is 174 Å². The molecule has 0 aromatic carbocycles. The molecule has 4 heterocycles. The van der Waals surface area contributed by atoms with Crippen molar-refractivity contribution < 1.29 is 4.79 Å². The Hall–Kier alpha value is -3.66. The lowest BCUT2D eigenvalue weighted by molar-refractivity contribution is 0.262. The molecule has 10 heteroatoms. The molecule has 0 radical (unpaired) electrons. The minimum absolute atomic E-state index is 0.155. The molecule has 3 aromatic heterocycles. The number of rotatable bonds is 4. The predicted molar refractivity (Wildman–Crippen MR) is 114 cm³/mol. The summed E-state index contributed by atoms with van der Waals surface area (Å²) in [6.07, 6.45) is 3.30. The highest BCUT2D eigenvalue weighted by Crippen LogP contribution is 2.17. The Kier molecular flexibility index (Phi) is 5.75. The highest BCUT2D eigenvalue weighted by molar-refractivity contribution is 5.98. The molecular weight excluding hydrogens is 382 g/mol. The van der Waals surface area contributed by atoms with Crippen molar-refractivity contribution in [1.29, 1.82) is 0 Å². The fourth-order valence-electron chi connectivity index (χ4n) is 3.09. The van der Waals surface area contributed by atoms with Crippen LogP contribution in [0.15, 0.2) is 42.7 Å². The normalized spacial score (nSPS) is 14.4. The molecule has 30 heavy (non-hydrogen) atoms. The van der Waals surface area contributed by atoms with E-state index in [1.54, 1.807) is 25.4 Å². The van der Waals surface area contributed by atoms with Gasteiger partial charge in [-0.15, -0.1) is 0 Å². The highest BCUT2D eigenvalue weighted by Gasteiger charge is 2.15. The number of anilines is 3. The zero-order valence-corrected chi connectivity index (χ0v) is 16.9. The smallest absolute Gasteiger partial charge is 0.326 e. The number of nitrogens with one attached hydrogen (secondary N) is 2. The van der Waals surface area contributed by atoms with Gasteiger partial charge in [-0.3, -0.25) is 10.3 Å². The second kappa shape index (κ2) is 8.78. The van der Waals surface area contributed by atoms with Gasteiger partial charge in [0.25, 0.3) is 0 Å². The van der Waals surface area contributed by atoms with Crippen LogP contribution in [0.3, 0.4) is 0 Å². The van der Waals surface area contributed by atoms with Crippen molar-refractivity contribution in [3.05, 3.63) is 48.5 Å². The minimum atomic E-state index is -0.457. The molecule has 1 fully saturated rings. The van der Waals surface area contributed by atoms with Gasteiger partial charge in [0.1, 0.15) is 17.3 Å². The maximum absolute atomic E-state index is 12.4. The van der Waals surface area contributed by atoms with Gasteiger partial charge in [-0.25, -0.2) is 14.8 Å². The summed E-state index contributed by atoms with van der Waals surface area (Å²) in [7, 11) is 2.11. The van der Waals surface area contributed by atoms with Crippen LogP contribution in [0.25, 0.3) is 11.5 Å². The summed E-state index contributed by atoms with van der Waals surface area (Å²) in [4.78, 5) is 38.3. The van der Waals surface area contributed by atoms with Crippen LogP contribution in [0.2, 0.25) is 0 Å². The number of aromatic nitrogens is 5. The first-order valence-corrected chi connectivity index (χ1v) is 9.68. The molecule has 10 nitrogen and oxygen atoms in total. The quantitative estimate of drug-likeness (QED) is 0.678. The van der Waals surface area contributed by atoms with E-state index in [-0.39, 0.29) is 5.95 Å². The summed E-state index contributed by atoms with van der Waals surface area (Å²) in [6, 6.07) is 8.74. The van der Waals surface area contributed by atoms with E-state index < -0.39 is 6.03 Å². The van der Waals surface area contributed by atoms with Crippen molar-refractivity contribution in [1.82, 2.24) is 29.8 Å². The molecule has 1 saturated heterocycles. The molecule has 0 unspecified atom stereocenters. The average molecular weight is 405 g/mol. The Morgan fingerprint density at radius 2 is 1.80 bits per heavy atom. The zero-order valence-electron chi connectivity index (χ0n) is 16.9. The van der Waals surface area contributed by atoms with Crippen molar-refractivity contribution in [3.8, 4) is 11.5 Å². The number of likely N-dealkylation sites (N-methyl/N-ethyl adjacent to an activating group) is 1. The molecule has 2 amide bonds. The van der Waals surface area contributed by atoms with Gasteiger partial charge in [0.05, 0.1) is 11.9 Å². The Morgan fingerprint density at radius 3 is 2.50 bits per heavy atom. The molecule has 2 N–H and O–H groups in total. The summed E-state index contributed by atoms with van der Waals surface area (Å²) in [5.74, 6) is 1.94. The van der Waals surface area contributed by atoms with Crippen molar-refractivity contribution in [2.75, 3.05) is 48.8 Å². The third-order valence-corrected chi connectivity index (χ3v) is 4.70.